The summed E-state index contributed by atoms with van der Waals surface area (Å²) in [5, 5.41) is 1.04. The summed E-state index contributed by atoms with van der Waals surface area (Å²) in [7, 11) is 1.61. The van der Waals surface area contributed by atoms with Crippen LogP contribution in [0, 0.1) is 0 Å². The molecule has 33 heavy (non-hydrogen) atoms. The van der Waals surface area contributed by atoms with E-state index in [2.05, 4.69) is 0 Å². The van der Waals surface area contributed by atoms with Crippen molar-refractivity contribution in [2.75, 3.05) is 7.11 Å². The summed E-state index contributed by atoms with van der Waals surface area (Å²) < 4.78 is 14.1. The van der Waals surface area contributed by atoms with Crippen molar-refractivity contribution in [1.29, 1.82) is 0 Å². The van der Waals surface area contributed by atoms with Gasteiger partial charge in [0.2, 0.25) is 0 Å². The highest BCUT2D eigenvalue weighted by molar-refractivity contribution is 7.18. The zero-order valence-electron chi connectivity index (χ0n) is 18.6. The molecular weight excluding hydrogens is 460 g/mol. The Morgan fingerprint density at radius 3 is 2.61 bits per heavy atom. The number of nitrogens with zero attached hydrogens (tertiary/aromatic N) is 2. The van der Waals surface area contributed by atoms with Crippen LogP contribution in [0.4, 0.5) is 0 Å². The smallest absolute Gasteiger partial charge is 0.337 e. The summed E-state index contributed by atoms with van der Waals surface area (Å²) in [6.45, 7) is 4.78. The minimum Gasteiger partial charge on any atom is -0.497 e. The fourth-order valence-corrected chi connectivity index (χ4v) is 5.65. The molecule has 3 heterocycles. The molecule has 0 N–H and O–H groups in total. The summed E-state index contributed by atoms with van der Waals surface area (Å²) in [6.07, 6.45) is 0.605. The van der Waals surface area contributed by atoms with E-state index in [1.807, 2.05) is 38.1 Å². The molecule has 0 amide bonds. The average Bonchev–Trinajstić information content (AvgIpc) is 3.15. The molecule has 0 unspecified atom stereocenters. The number of ether oxygens (including phenoxy) is 2. The highest BCUT2D eigenvalue weighted by Gasteiger charge is 2.32. The number of thiophene rings is 1. The van der Waals surface area contributed by atoms with Crippen molar-refractivity contribution in [2.45, 2.75) is 39.0 Å². The van der Waals surface area contributed by atoms with Crippen LogP contribution >= 0.6 is 22.9 Å². The van der Waals surface area contributed by atoms with Crippen LogP contribution in [0.15, 0.2) is 58.1 Å². The van der Waals surface area contributed by atoms with Gasteiger partial charge in [-0.1, -0.05) is 29.8 Å². The van der Waals surface area contributed by atoms with Gasteiger partial charge in [-0.2, -0.15) is 0 Å². The Labute approximate surface area is 199 Å². The molecule has 0 fully saturated rings. The fraction of sp³-hybridized carbons (Fsp3) is 0.280. The Balaban J connectivity index is 1.80. The van der Waals surface area contributed by atoms with Gasteiger partial charge in [0.1, 0.15) is 10.6 Å². The van der Waals surface area contributed by atoms with Crippen LogP contribution in [0.1, 0.15) is 29.9 Å². The van der Waals surface area contributed by atoms with Gasteiger partial charge in [0.15, 0.2) is 0 Å². The number of fused-ring (bicyclic) bond motifs is 3. The van der Waals surface area contributed by atoms with Crippen LogP contribution in [0.2, 0.25) is 5.02 Å². The van der Waals surface area contributed by atoms with Gasteiger partial charge in [0.05, 0.1) is 36.9 Å². The van der Waals surface area contributed by atoms with Gasteiger partial charge in [0, 0.05) is 16.3 Å². The maximum atomic E-state index is 13.7. The molecule has 2 aromatic heterocycles. The second-order valence-corrected chi connectivity index (χ2v) is 10.3. The van der Waals surface area contributed by atoms with E-state index in [-0.39, 0.29) is 11.2 Å². The van der Waals surface area contributed by atoms with Crippen molar-refractivity contribution in [3.8, 4) is 11.4 Å². The van der Waals surface area contributed by atoms with Gasteiger partial charge < -0.3 is 9.47 Å². The number of halogens is 1. The Hall–Kier alpha value is -2.87. The Kier molecular flexibility index (Phi) is 5.43. The van der Waals surface area contributed by atoms with E-state index in [0.29, 0.717) is 40.5 Å². The number of aromatic nitrogens is 2. The minimum atomic E-state index is -0.399. The maximum absolute atomic E-state index is 13.7. The van der Waals surface area contributed by atoms with Crippen LogP contribution in [-0.2, 0) is 24.3 Å². The molecular formula is C25H23ClN2O4S. The minimum absolute atomic E-state index is 0.321. The zero-order valence-corrected chi connectivity index (χ0v) is 20.1. The van der Waals surface area contributed by atoms with Gasteiger partial charge in [-0.15, -0.1) is 11.3 Å². The Morgan fingerprint density at radius 1 is 1.15 bits per heavy atom. The van der Waals surface area contributed by atoms with Crippen molar-refractivity contribution in [3.63, 3.8) is 0 Å². The van der Waals surface area contributed by atoms with Crippen LogP contribution in [0.5, 0.6) is 5.75 Å². The normalized spacial score (nSPS) is 14.9. The van der Waals surface area contributed by atoms with E-state index < -0.39 is 5.69 Å². The molecule has 8 heteroatoms. The van der Waals surface area contributed by atoms with E-state index in [1.165, 1.54) is 15.9 Å². The number of benzene rings is 2. The lowest BCUT2D eigenvalue weighted by atomic mass is 9.94. The molecule has 0 atom stereocenters. The third kappa shape index (κ3) is 3.90. The Bertz CT molecular complexity index is 1480. The van der Waals surface area contributed by atoms with Crippen molar-refractivity contribution in [2.24, 2.45) is 0 Å². The zero-order chi connectivity index (χ0) is 23.3. The van der Waals surface area contributed by atoms with E-state index in [1.54, 1.807) is 35.9 Å². The molecule has 4 aromatic rings. The molecule has 0 spiro atoms. The van der Waals surface area contributed by atoms with Gasteiger partial charge in [-0.25, -0.2) is 9.36 Å². The molecule has 0 saturated carbocycles. The quantitative estimate of drug-likeness (QED) is 0.420. The van der Waals surface area contributed by atoms with E-state index >= 15 is 0 Å². The van der Waals surface area contributed by atoms with E-state index in [0.717, 1.165) is 21.8 Å². The SMILES string of the molecule is COc1ccc(Cn2c(=O)n(-c3cccc(Cl)c3)c(=O)c3c4c(sc32)COC(C)(C)C4)cc1. The molecule has 0 radical (unpaired) electrons. The molecule has 2 aromatic carbocycles. The molecule has 0 aliphatic carbocycles. The molecule has 5 rings (SSSR count). The molecule has 170 valence electrons. The third-order valence-corrected chi connectivity index (χ3v) is 7.38. The summed E-state index contributed by atoms with van der Waals surface area (Å²) in [6, 6.07) is 14.4. The molecule has 0 bridgehead atoms. The maximum Gasteiger partial charge on any atom is 0.337 e. The van der Waals surface area contributed by atoms with Crippen molar-refractivity contribution < 1.29 is 9.47 Å². The number of methoxy groups -OCH3 is 1. The highest BCUT2D eigenvalue weighted by Crippen LogP contribution is 2.37. The molecule has 6 nitrogen and oxygen atoms in total. The monoisotopic (exact) mass is 482 g/mol. The topological polar surface area (TPSA) is 62.5 Å². The lowest BCUT2D eigenvalue weighted by Gasteiger charge is -2.29. The lowest BCUT2D eigenvalue weighted by molar-refractivity contribution is -0.0379. The second kappa shape index (κ2) is 8.17. The van der Waals surface area contributed by atoms with Crippen LogP contribution in [0.3, 0.4) is 0 Å². The fourth-order valence-electron chi connectivity index (χ4n) is 4.25. The standard InChI is InChI=1S/C25H23ClN2O4S/c1-25(2)12-19-20(14-32-25)33-23-21(19)22(29)28(17-6-4-5-16(26)11-17)24(30)27(23)13-15-7-9-18(31-3)10-8-15/h4-11H,12-14H2,1-3H3. The first-order chi connectivity index (χ1) is 15.8. The Morgan fingerprint density at radius 2 is 1.91 bits per heavy atom. The van der Waals surface area contributed by atoms with Crippen LogP contribution in [0.25, 0.3) is 15.9 Å². The highest BCUT2D eigenvalue weighted by atomic mass is 35.5. The second-order valence-electron chi connectivity index (χ2n) is 8.75. The predicted molar refractivity (Wildman–Crippen MR) is 131 cm³/mol. The molecule has 1 aliphatic heterocycles. The van der Waals surface area contributed by atoms with Crippen molar-refractivity contribution in [3.05, 3.63) is 90.4 Å². The lowest BCUT2D eigenvalue weighted by Crippen LogP contribution is -2.39. The number of rotatable bonds is 4. The number of hydrogen-bond acceptors (Lipinski definition) is 5. The van der Waals surface area contributed by atoms with Crippen molar-refractivity contribution >= 4 is 33.2 Å². The summed E-state index contributed by atoms with van der Waals surface area (Å²) in [5.74, 6) is 0.742. The van der Waals surface area contributed by atoms with Gasteiger partial charge in [-0.3, -0.25) is 9.36 Å². The first-order valence-corrected chi connectivity index (χ1v) is 11.8. The number of hydrogen-bond donors (Lipinski definition) is 0. The largest absolute Gasteiger partial charge is 0.497 e. The third-order valence-electron chi connectivity index (χ3n) is 5.92. The molecule has 0 saturated heterocycles. The van der Waals surface area contributed by atoms with Crippen molar-refractivity contribution in [1.82, 2.24) is 9.13 Å². The van der Waals surface area contributed by atoms with Crippen LogP contribution in [-0.4, -0.2) is 21.8 Å². The van der Waals surface area contributed by atoms with Gasteiger partial charge in [0.25, 0.3) is 5.56 Å². The van der Waals surface area contributed by atoms with Crippen LogP contribution < -0.4 is 16.0 Å². The average molecular weight is 483 g/mol. The van der Waals surface area contributed by atoms with E-state index in [9.17, 15) is 9.59 Å². The van der Waals surface area contributed by atoms with Gasteiger partial charge >= 0.3 is 5.69 Å². The summed E-state index contributed by atoms with van der Waals surface area (Å²) >= 11 is 7.66. The van der Waals surface area contributed by atoms with E-state index in [4.69, 9.17) is 21.1 Å². The van der Waals surface area contributed by atoms with Gasteiger partial charge in [-0.05, 0) is 55.3 Å². The summed E-state index contributed by atoms with van der Waals surface area (Å²) in [4.78, 5) is 29.1. The first kappa shape index (κ1) is 21.9. The molecule has 1 aliphatic rings. The summed E-state index contributed by atoms with van der Waals surface area (Å²) in [5.41, 5.74) is 1.25. The first-order valence-electron chi connectivity index (χ1n) is 10.6. The predicted octanol–water partition coefficient (Wildman–Crippen LogP) is 4.78.